The first-order chi connectivity index (χ1) is 12.1. The van der Waals surface area contributed by atoms with E-state index in [0.29, 0.717) is 28.0 Å². The van der Waals surface area contributed by atoms with Crippen LogP contribution in [0.25, 0.3) is 0 Å². The summed E-state index contributed by atoms with van der Waals surface area (Å²) in [6, 6.07) is 3.04. The molecule has 0 heterocycles. The fraction of sp³-hybridized carbons (Fsp3) is 0.650. The summed E-state index contributed by atoms with van der Waals surface area (Å²) in [5.41, 5.74) is 0.323. The molecule has 0 aliphatic carbocycles. The van der Waals surface area contributed by atoms with E-state index in [9.17, 15) is 4.79 Å². The molecule has 0 saturated carbocycles. The fourth-order valence-electron chi connectivity index (χ4n) is 2.70. The molecular formula is C20H30Cl2O3. The SMILES string of the molecule is CCCCCCCCCCCCOc1c(Cl)cc(C(=O)OC)cc1Cl. The third-order valence-corrected chi connectivity index (χ3v) is 4.73. The van der Waals surface area contributed by atoms with Crippen LogP contribution in [-0.4, -0.2) is 19.7 Å². The van der Waals surface area contributed by atoms with Gasteiger partial charge >= 0.3 is 5.97 Å². The Morgan fingerprint density at radius 3 is 1.84 bits per heavy atom. The minimum absolute atomic E-state index is 0.323. The van der Waals surface area contributed by atoms with E-state index in [4.69, 9.17) is 27.9 Å². The molecule has 0 radical (unpaired) electrons. The van der Waals surface area contributed by atoms with Crippen molar-refractivity contribution in [2.24, 2.45) is 0 Å². The molecule has 1 aromatic rings. The van der Waals surface area contributed by atoms with Crippen LogP contribution in [-0.2, 0) is 4.74 Å². The maximum Gasteiger partial charge on any atom is 0.337 e. The van der Waals surface area contributed by atoms with Crippen molar-refractivity contribution in [2.45, 2.75) is 71.1 Å². The minimum atomic E-state index is -0.468. The van der Waals surface area contributed by atoms with Crippen molar-refractivity contribution in [1.82, 2.24) is 0 Å². The monoisotopic (exact) mass is 388 g/mol. The van der Waals surface area contributed by atoms with E-state index in [1.807, 2.05) is 0 Å². The van der Waals surface area contributed by atoms with Gasteiger partial charge in [0.1, 0.15) is 0 Å². The van der Waals surface area contributed by atoms with Crippen LogP contribution in [0.3, 0.4) is 0 Å². The Bertz CT molecular complexity index is 495. The van der Waals surface area contributed by atoms with Crippen molar-refractivity contribution in [3.05, 3.63) is 27.7 Å². The van der Waals surface area contributed by atoms with Crippen LogP contribution in [0.5, 0.6) is 5.75 Å². The van der Waals surface area contributed by atoms with Crippen molar-refractivity contribution in [2.75, 3.05) is 13.7 Å². The lowest BCUT2D eigenvalue weighted by molar-refractivity contribution is 0.0600. The summed E-state index contributed by atoms with van der Waals surface area (Å²) in [7, 11) is 1.32. The molecule has 0 unspecified atom stereocenters. The van der Waals surface area contributed by atoms with Gasteiger partial charge in [-0.05, 0) is 18.6 Å². The molecule has 0 atom stereocenters. The quantitative estimate of drug-likeness (QED) is 0.267. The Balaban J connectivity index is 2.19. The Kier molecular flexibility index (Phi) is 11.8. The summed E-state index contributed by atoms with van der Waals surface area (Å²) < 4.78 is 10.4. The average molecular weight is 389 g/mol. The van der Waals surface area contributed by atoms with E-state index < -0.39 is 5.97 Å². The molecule has 0 aromatic heterocycles. The highest BCUT2D eigenvalue weighted by Crippen LogP contribution is 2.34. The van der Waals surface area contributed by atoms with Gasteiger partial charge in [0.05, 0.1) is 29.3 Å². The van der Waals surface area contributed by atoms with E-state index in [0.717, 1.165) is 12.8 Å². The molecule has 0 aliphatic heterocycles. The van der Waals surface area contributed by atoms with Gasteiger partial charge in [-0.1, -0.05) is 87.9 Å². The van der Waals surface area contributed by atoms with E-state index in [1.54, 1.807) is 0 Å². The number of carbonyl (C=O) groups is 1. The van der Waals surface area contributed by atoms with Gasteiger partial charge in [-0.2, -0.15) is 0 Å². The number of halogens is 2. The average Bonchev–Trinajstić information content (AvgIpc) is 2.60. The summed E-state index contributed by atoms with van der Waals surface area (Å²) in [6.07, 6.45) is 12.7. The first-order valence-electron chi connectivity index (χ1n) is 9.30. The highest BCUT2D eigenvalue weighted by atomic mass is 35.5. The van der Waals surface area contributed by atoms with Crippen molar-refractivity contribution in [3.8, 4) is 5.75 Å². The number of hydrogen-bond donors (Lipinski definition) is 0. The van der Waals surface area contributed by atoms with Crippen molar-refractivity contribution in [3.63, 3.8) is 0 Å². The second-order valence-corrected chi connectivity index (χ2v) is 7.11. The van der Waals surface area contributed by atoms with Crippen molar-refractivity contribution < 1.29 is 14.3 Å². The van der Waals surface area contributed by atoms with Crippen LogP contribution in [0.2, 0.25) is 10.0 Å². The lowest BCUT2D eigenvalue weighted by atomic mass is 10.1. The summed E-state index contributed by atoms with van der Waals surface area (Å²) >= 11 is 12.3. The molecule has 0 fully saturated rings. The molecule has 5 heteroatoms. The molecule has 0 spiro atoms. The fourth-order valence-corrected chi connectivity index (χ4v) is 3.29. The van der Waals surface area contributed by atoms with Crippen LogP contribution in [0, 0.1) is 0 Å². The molecule has 0 saturated heterocycles. The zero-order chi connectivity index (χ0) is 18.5. The third-order valence-electron chi connectivity index (χ3n) is 4.16. The number of carbonyl (C=O) groups excluding carboxylic acids is 1. The highest BCUT2D eigenvalue weighted by Gasteiger charge is 2.14. The van der Waals surface area contributed by atoms with Crippen LogP contribution in [0.4, 0.5) is 0 Å². The number of rotatable bonds is 13. The summed E-state index contributed by atoms with van der Waals surface area (Å²) in [4.78, 5) is 11.5. The maximum atomic E-state index is 11.5. The number of hydrogen-bond acceptors (Lipinski definition) is 3. The van der Waals surface area contributed by atoms with Gasteiger partial charge in [-0.25, -0.2) is 4.79 Å². The van der Waals surface area contributed by atoms with Gasteiger partial charge in [-0.15, -0.1) is 0 Å². The van der Waals surface area contributed by atoms with E-state index in [2.05, 4.69) is 11.7 Å². The van der Waals surface area contributed by atoms with E-state index in [-0.39, 0.29) is 0 Å². The second-order valence-electron chi connectivity index (χ2n) is 6.29. The number of methoxy groups -OCH3 is 1. The van der Waals surface area contributed by atoms with Crippen molar-refractivity contribution in [1.29, 1.82) is 0 Å². The predicted molar refractivity (Wildman–Crippen MR) is 105 cm³/mol. The molecule has 0 amide bonds. The Morgan fingerprint density at radius 2 is 1.36 bits per heavy atom. The normalized spacial score (nSPS) is 10.7. The number of esters is 1. The van der Waals surface area contributed by atoms with Gasteiger partial charge in [0, 0.05) is 0 Å². The molecular weight excluding hydrogens is 359 g/mol. The van der Waals surface area contributed by atoms with E-state index in [1.165, 1.54) is 70.6 Å². The zero-order valence-electron chi connectivity index (χ0n) is 15.4. The lowest BCUT2D eigenvalue weighted by Crippen LogP contribution is -2.03. The molecule has 25 heavy (non-hydrogen) atoms. The lowest BCUT2D eigenvalue weighted by Gasteiger charge is -2.11. The van der Waals surface area contributed by atoms with Crippen LogP contribution in [0.15, 0.2) is 12.1 Å². The number of benzene rings is 1. The maximum absolute atomic E-state index is 11.5. The van der Waals surface area contributed by atoms with Crippen LogP contribution in [0.1, 0.15) is 81.5 Å². The van der Waals surface area contributed by atoms with Crippen LogP contribution >= 0.6 is 23.2 Å². The largest absolute Gasteiger partial charge is 0.490 e. The zero-order valence-corrected chi connectivity index (χ0v) is 16.9. The summed E-state index contributed by atoms with van der Waals surface area (Å²) in [5, 5.41) is 0.667. The molecule has 3 nitrogen and oxygen atoms in total. The molecule has 142 valence electrons. The summed E-state index contributed by atoms with van der Waals surface area (Å²) in [5.74, 6) is -0.0306. The summed E-state index contributed by atoms with van der Waals surface area (Å²) in [6.45, 7) is 2.82. The number of unbranched alkanes of at least 4 members (excludes halogenated alkanes) is 9. The Hall–Kier alpha value is -0.930. The number of ether oxygens (including phenoxy) is 2. The molecule has 0 bridgehead atoms. The first kappa shape index (κ1) is 22.1. The van der Waals surface area contributed by atoms with E-state index >= 15 is 0 Å². The third kappa shape index (κ3) is 8.82. The molecule has 1 rings (SSSR count). The molecule has 0 aliphatic rings. The van der Waals surface area contributed by atoms with Gasteiger partial charge in [-0.3, -0.25) is 0 Å². The predicted octanol–water partition coefficient (Wildman–Crippen LogP) is 7.08. The van der Waals surface area contributed by atoms with Crippen molar-refractivity contribution >= 4 is 29.2 Å². The van der Waals surface area contributed by atoms with Gasteiger partial charge in [0.25, 0.3) is 0 Å². The second kappa shape index (κ2) is 13.3. The topological polar surface area (TPSA) is 35.5 Å². The Labute approximate surface area is 162 Å². The molecule has 0 N–H and O–H groups in total. The minimum Gasteiger partial charge on any atom is -0.490 e. The smallest absolute Gasteiger partial charge is 0.337 e. The standard InChI is InChI=1S/C20H30Cl2O3/c1-3-4-5-6-7-8-9-10-11-12-13-25-19-17(21)14-16(15-18(19)22)20(23)24-2/h14-15H,3-13H2,1-2H3. The van der Waals surface area contributed by atoms with Gasteiger partial charge in [0.2, 0.25) is 0 Å². The van der Waals surface area contributed by atoms with Gasteiger partial charge < -0.3 is 9.47 Å². The first-order valence-corrected chi connectivity index (χ1v) is 10.1. The molecule has 1 aromatic carbocycles. The highest BCUT2D eigenvalue weighted by molar-refractivity contribution is 6.37. The van der Waals surface area contributed by atoms with Crippen LogP contribution < -0.4 is 4.74 Å². The Morgan fingerprint density at radius 1 is 0.880 bits per heavy atom. The van der Waals surface area contributed by atoms with Gasteiger partial charge in [0.15, 0.2) is 5.75 Å².